The molecule has 0 bridgehead atoms. The molecule has 1 saturated carbocycles. The van der Waals surface area contributed by atoms with Crippen molar-refractivity contribution in [1.82, 2.24) is 4.98 Å². The Morgan fingerprint density at radius 1 is 1.23 bits per heavy atom. The number of hydrogen-bond donors (Lipinski definition) is 0. The van der Waals surface area contributed by atoms with Crippen LogP contribution >= 0.6 is 15.9 Å². The van der Waals surface area contributed by atoms with Gasteiger partial charge >= 0.3 is 0 Å². The molecule has 7 heteroatoms. The smallest absolute Gasteiger partial charge is 0.169 e. The number of pyridine rings is 1. The van der Waals surface area contributed by atoms with Gasteiger partial charge in [-0.1, -0.05) is 5.92 Å². The van der Waals surface area contributed by atoms with Crippen molar-refractivity contribution in [3.05, 3.63) is 52.1 Å². The molecule has 1 aromatic heterocycles. The summed E-state index contributed by atoms with van der Waals surface area (Å²) >= 11 is 3.24. The van der Waals surface area contributed by atoms with Crippen LogP contribution < -0.4 is 0 Å². The predicted octanol–water partition coefficient (Wildman–Crippen LogP) is 4.30. The van der Waals surface area contributed by atoms with Crippen LogP contribution in [0.5, 0.6) is 0 Å². The van der Waals surface area contributed by atoms with Gasteiger partial charge in [0, 0.05) is 4.47 Å². The van der Waals surface area contributed by atoms with E-state index in [9.17, 15) is 17.2 Å². The van der Waals surface area contributed by atoms with Crippen molar-refractivity contribution in [2.75, 3.05) is 0 Å². The fourth-order valence-electron chi connectivity index (χ4n) is 2.44. The molecule has 135 valence electrons. The number of hydrogen-bond acceptors (Lipinski definition) is 3. The third kappa shape index (κ3) is 3.53. The lowest BCUT2D eigenvalue weighted by molar-refractivity contribution is 0.573. The Bertz CT molecular complexity index is 1010. The van der Waals surface area contributed by atoms with E-state index in [1.165, 1.54) is 0 Å². The minimum absolute atomic E-state index is 0.0589. The zero-order valence-corrected chi connectivity index (χ0v) is 16.5. The van der Waals surface area contributed by atoms with Crippen LogP contribution in [0, 0.1) is 29.5 Å². The van der Waals surface area contributed by atoms with Crippen molar-refractivity contribution in [2.24, 2.45) is 0 Å². The van der Waals surface area contributed by atoms with Gasteiger partial charge in [-0.25, -0.2) is 22.2 Å². The summed E-state index contributed by atoms with van der Waals surface area (Å²) in [6, 6.07) is 7.55. The highest BCUT2D eigenvalue weighted by Gasteiger charge is 2.45. The summed E-state index contributed by atoms with van der Waals surface area (Å²) in [6.45, 7) is 3.11. The summed E-state index contributed by atoms with van der Waals surface area (Å²) in [5.74, 6) is 3.91. The molecule has 3 rings (SSSR count). The van der Waals surface area contributed by atoms with E-state index in [0.717, 1.165) is 12.1 Å². The third-order valence-corrected chi connectivity index (χ3v) is 7.66. The number of rotatable bonds is 3. The molecule has 0 atom stereocenters. The Balaban J connectivity index is 2.02. The average molecular weight is 439 g/mol. The van der Waals surface area contributed by atoms with E-state index in [0.29, 0.717) is 17.3 Å². The molecule has 3 nitrogen and oxygen atoms in total. The Hall–Kier alpha value is -1.78. The highest BCUT2D eigenvalue weighted by molar-refractivity contribution is 9.10. The molecule has 1 radical (unpaired) electrons. The molecule has 0 unspecified atom stereocenters. The Kier molecular flexibility index (Phi) is 4.93. The first-order valence-electron chi connectivity index (χ1n) is 7.92. The largest absolute Gasteiger partial charge is 0.238 e. The summed E-state index contributed by atoms with van der Waals surface area (Å²) < 4.78 is 52.1. The lowest BCUT2D eigenvalue weighted by Gasteiger charge is -2.17. The lowest BCUT2D eigenvalue weighted by Crippen LogP contribution is -2.33. The Morgan fingerprint density at radius 2 is 1.85 bits per heavy atom. The summed E-state index contributed by atoms with van der Waals surface area (Å²) in [5, 5.41) is -0.330. The van der Waals surface area contributed by atoms with Crippen molar-refractivity contribution >= 4 is 25.8 Å². The van der Waals surface area contributed by atoms with E-state index in [-0.39, 0.29) is 22.2 Å². The molecular weight excluding hydrogens is 424 g/mol. The monoisotopic (exact) mass is 438 g/mol. The molecule has 1 aliphatic carbocycles. The first-order valence-corrected chi connectivity index (χ1v) is 10.3. The number of sulfone groups is 1. The van der Waals surface area contributed by atoms with E-state index < -0.39 is 26.2 Å². The molecular formula is C19H15BrF2NO2S. The molecule has 0 saturated heterocycles. The maximum absolute atomic E-state index is 14.0. The topological polar surface area (TPSA) is 47.0 Å². The quantitative estimate of drug-likeness (QED) is 0.671. The zero-order chi connectivity index (χ0) is 19.1. The van der Waals surface area contributed by atoms with Gasteiger partial charge in [0.05, 0.1) is 16.5 Å². The highest BCUT2D eigenvalue weighted by atomic mass is 79.9. The first-order chi connectivity index (χ1) is 12.1. The van der Waals surface area contributed by atoms with E-state index in [4.69, 9.17) is 0 Å². The van der Waals surface area contributed by atoms with Gasteiger partial charge in [-0.15, -0.1) is 0 Å². The van der Waals surface area contributed by atoms with Gasteiger partial charge in [0.15, 0.2) is 9.84 Å². The SMILES string of the molecule is CC(C)(C#Cc1ccc(Br)c(-c2c(F)c[c]cc2F)n1)S(=O)(=O)C1CC1. The second kappa shape index (κ2) is 6.75. The van der Waals surface area contributed by atoms with Gasteiger partial charge < -0.3 is 0 Å². The van der Waals surface area contributed by atoms with Crippen molar-refractivity contribution < 1.29 is 17.2 Å². The molecule has 0 spiro atoms. The van der Waals surface area contributed by atoms with E-state index in [1.807, 2.05) is 0 Å². The average Bonchev–Trinajstić information content (AvgIpc) is 3.40. The molecule has 1 aromatic carbocycles. The van der Waals surface area contributed by atoms with Gasteiger partial charge in [-0.2, -0.15) is 0 Å². The summed E-state index contributed by atoms with van der Waals surface area (Å²) in [7, 11) is -3.35. The van der Waals surface area contributed by atoms with Gasteiger partial charge in [0.1, 0.15) is 22.1 Å². The van der Waals surface area contributed by atoms with Crippen LogP contribution in [0.25, 0.3) is 11.3 Å². The van der Waals surface area contributed by atoms with Crippen molar-refractivity contribution in [3.8, 4) is 23.1 Å². The normalized spacial score (nSPS) is 14.7. The second-order valence-corrected chi connectivity index (χ2v) is 10.2. The van der Waals surface area contributed by atoms with Gasteiger partial charge in [0.25, 0.3) is 0 Å². The Labute approximate surface area is 159 Å². The second-order valence-electron chi connectivity index (χ2n) is 6.56. The summed E-state index contributed by atoms with van der Waals surface area (Å²) in [4.78, 5) is 4.20. The van der Waals surface area contributed by atoms with Crippen LogP contribution in [-0.4, -0.2) is 23.4 Å². The number of aromatic nitrogens is 1. The maximum Gasteiger partial charge on any atom is 0.169 e. The van der Waals surface area contributed by atoms with Crippen LogP contribution in [0.2, 0.25) is 0 Å². The molecule has 26 heavy (non-hydrogen) atoms. The zero-order valence-electron chi connectivity index (χ0n) is 14.1. The standard InChI is InChI=1S/C19H15BrF2NO2S/c1-19(2,26(24,25)13-7-8-13)11-10-12-6-9-14(20)18(23-12)17-15(21)4-3-5-16(17)22/h4-6,9,13H,7-8H2,1-2H3. The van der Waals surface area contributed by atoms with Gasteiger partial charge in [-0.05, 0) is 78.9 Å². The van der Waals surface area contributed by atoms with Gasteiger partial charge in [0.2, 0.25) is 0 Å². The van der Waals surface area contributed by atoms with Crippen molar-refractivity contribution in [3.63, 3.8) is 0 Å². The predicted molar refractivity (Wildman–Crippen MR) is 99.0 cm³/mol. The van der Waals surface area contributed by atoms with Crippen LogP contribution in [0.4, 0.5) is 8.78 Å². The molecule has 0 aliphatic heterocycles. The Morgan fingerprint density at radius 3 is 2.42 bits per heavy atom. The highest BCUT2D eigenvalue weighted by Crippen LogP contribution is 2.36. The fourth-order valence-corrected chi connectivity index (χ4v) is 4.64. The lowest BCUT2D eigenvalue weighted by atomic mass is 10.1. The van der Waals surface area contributed by atoms with Crippen molar-refractivity contribution in [1.29, 1.82) is 0 Å². The van der Waals surface area contributed by atoms with E-state index >= 15 is 0 Å². The van der Waals surface area contributed by atoms with Crippen LogP contribution in [0.3, 0.4) is 0 Å². The fraction of sp³-hybridized carbons (Fsp3) is 0.316. The number of nitrogens with zero attached hydrogens (tertiary/aromatic N) is 1. The number of halogens is 3. The summed E-state index contributed by atoms with van der Waals surface area (Å²) in [6.07, 6.45) is 1.33. The van der Waals surface area contributed by atoms with E-state index in [2.05, 4.69) is 38.8 Å². The molecule has 2 aromatic rings. The third-order valence-electron chi connectivity index (χ3n) is 4.15. The molecule has 1 aliphatic rings. The minimum Gasteiger partial charge on any atom is -0.238 e. The van der Waals surface area contributed by atoms with Gasteiger partial charge in [-0.3, -0.25) is 0 Å². The molecule has 1 fully saturated rings. The van der Waals surface area contributed by atoms with Crippen LogP contribution in [0.15, 0.2) is 28.7 Å². The number of benzene rings is 1. The van der Waals surface area contributed by atoms with Crippen LogP contribution in [0.1, 0.15) is 32.4 Å². The van der Waals surface area contributed by atoms with E-state index in [1.54, 1.807) is 26.0 Å². The summed E-state index contributed by atoms with van der Waals surface area (Å²) in [5.41, 5.74) is 0.00157. The maximum atomic E-state index is 14.0. The van der Waals surface area contributed by atoms with Crippen molar-refractivity contribution in [2.45, 2.75) is 36.7 Å². The first kappa shape index (κ1) is 19.0. The molecule has 0 N–H and O–H groups in total. The molecule has 1 heterocycles. The van der Waals surface area contributed by atoms with Crippen LogP contribution in [-0.2, 0) is 9.84 Å². The minimum atomic E-state index is -3.35. The molecule has 0 amide bonds.